The number of carbonyl (C=O) groups excluding carboxylic acids is 2. The number of benzene rings is 2. The van der Waals surface area contributed by atoms with Gasteiger partial charge in [0.2, 0.25) is 0 Å². The standard InChI is InChI=1S/C21H21FN2O5/c1-4-27-16-9-10-18-17(11-16)12(2)19(29-18)21(26)24-23-20(25)13(3)28-15-7-5-14(22)6-8-15/h5-11,13H,4H2,1-3H3,(H,23,25)(H,24,26)/t13-/m0/s1. The Morgan fingerprint density at radius 3 is 2.48 bits per heavy atom. The van der Waals surface area contributed by atoms with Crippen molar-refractivity contribution >= 4 is 22.8 Å². The van der Waals surface area contributed by atoms with Crippen molar-refractivity contribution in [2.45, 2.75) is 26.9 Å². The van der Waals surface area contributed by atoms with Crippen molar-refractivity contribution in [1.82, 2.24) is 10.9 Å². The Balaban J connectivity index is 1.63. The molecule has 3 aromatic rings. The highest BCUT2D eigenvalue weighted by Gasteiger charge is 2.20. The third-order valence-corrected chi connectivity index (χ3v) is 4.22. The normalized spacial score (nSPS) is 11.7. The van der Waals surface area contributed by atoms with E-state index in [1.54, 1.807) is 25.1 Å². The molecule has 1 aromatic heterocycles. The summed E-state index contributed by atoms with van der Waals surface area (Å²) in [6.45, 7) is 5.67. The van der Waals surface area contributed by atoms with Gasteiger partial charge >= 0.3 is 5.91 Å². The zero-order chi connectivity index (χ0) is 21.0. The van der Waals surface area contributed by atoms with Crippen LogP contribution in [0.5, 0.6) is 11.5 Å². The Bertz CT molecular complexity index is 1030. The van der Waals surface area contributed by atoms with Gasteiger partial charge in [0.25, 0.3) is 5.91 Å². The summed E-state index contributed by atoms with van der Waals surface area (Å²) in [5.41, 5.74) is 5.77. The summed E-state index contributed by atoms with van der Waals surface area (Å²) < 4.78 is 29.4. The third kappa shape index (κ3) is 4.66. The molecule has 0 aliphatic rings. The zero-order valence-corrected chi connectivity index (χ0v) is 16.2. The highest BCUT2D eigenvalue weighted by atomic mass is 19.1. The van der Waals surface area contributed by atoms with E-state index in [1.165, 1.54) is 31.2 Å². The molecule has 0 saturated carbocycles. The van der Waals surface area contributed by atoms with Gasteiger partial charge in [-0.2, -0.15) is 0 Å². The topological polar surface area (TPSA) is 89.8 Å². The van der Waals surface area contributed by atoms with E-state index in [2.05, 4.69) is 10.9 Å². The van der Waals surface area contributed by atoms with Gasteiger partial charge in [-0.05, 0) is 63.2 Å². The second kappa shape index (κ2) is 8.64. The maximum Gasteiger partial charge on any atom is 0.305 e. The number of amides is 2. The molecule has 0 unspecified atom stereocenters. The van der Waals surface area contributed by atoms with Crippen LogP contribution >= 0.6 is 0 Å². The molecule has 2 amide bonds. The van der Waals surface area contributed by atoms with Crippen molar-refractivity contribution in [3.8, 4) is 11.5 Å². The summed E-state index contributed by atoms with van der Waals surface area (Å²) in [5.74, 6) is -0.485. The van der Waals surface area contributed by atoms with E-state index in [0.717, 1.165) is 5.39 Å². The minimum absolute atomic E-state index is 0.0843. The number of ether oxygens (including phenoxy) is 2. The number of carbonyl (C=O) groups is 2. The van der Waals surface area contributed by atoms with E-state index < -0.39 is 23.7 Å². The Labute approximate surface area is 166 Å². The SMILES string of the molecule is CCOc1ccc2oc(C(=O)NNC(=O)[C@H](C)Oc3ccc(F)cc3)c(C)c2c1. The summed E-state index contributed by atoms with van der Waals surface area (Å²) in [6, 6.07) is 10.5. The van der Waals surface area contributed by atoms with Crippen molar-refractivity contribution in [1.29, 1.82) is 0 Å². The molecule has 0 saturated heterocycles. The lowest BCUT2D eigenvalue weighted by atomic mass is 10.1. The molecule has 152 valence electrons. The van der Waals surface area contributed by atoms with Crippen LogP contribution in [-0.2, 0) is 4.79 Å². The predicted octanol–water partition coefficient (Wildman–Crippen LogP) is 3.51. The first-order valence-corrected chi connectivity index (χ1v) is 9.07. The number of aryl methyl sites for hydroxylation is 1. The molecule has 0 spiro atoms. The lowest BCUT2D eigenvalue weighted by molar-refractivity contribution is -0.128. The maximum atomic E-state index is 12.9. The number of nitrogens with one attached hydrogen (secondary N) is 2. The van der Waals surface area contributed by atoms with Gasteiger partial charge in [-0.15, -0.1) is 0 Å². The van der Waals surface area contributed by atoms with Crippen LogP contribution in [0.15, 0.2) is 46.9 Å². The molecule has 0 aliphatic heterocycles. The fourth-order valence-corrected chi connectivity index (χ4v) is 2.72. The average Bonchev–Trinajstić information content (AvgIpc) is 3.04. The molecule has 1 heterocycles. The number of hydrazine groups is 1. The van der Waals surface area contributed by atoms with Gasteiger partial charge in [0.1, 0.15) is 22.9 Å². The van der Waals surface area contributed by atoms with Crippen molar-refractivity contribution < 1.29 is 27.9 Å². The molecule has 0 radical (unpaired) electrons. The predicted molar refractivity (Wildman–Crippen MR) is 104 cm³/mol. The van der Waals surface area contributed by atoms with Crippen LogP contribution in [0.1, 0.15) is 30.0 Å². The van der Waals surface area contributed by atoms with E-state index in [1.807, 2.05) is 6.92 Å². The maximum absolute atomic E-state index is 12.9. The van der Waals surface area contributed by atoms with E-state index >= 15 is 0 Å². The zero-order valence-electron chi connectivity index (χ0n) is 16.2. The van der Waals surface area contributed by atoms with Crippen LogP contribution in [0, 0.1) is 12.7 Å². The van der Waals surface area contributed by atoms with Crippen LogP contribution < -0.4 is 20.3 Å². The Morgan fingerprint density at radius 2 is 1.79 bits per heavy atom. The van der Waals surface area contributed by atoms with Gasteiger partial charge in [0, 0.05) is 10.9 Å². The molecule has 0 bridgehead atoms. The fourth-order valence-electron chi connectivity index (χ4n) is 2.72. The molecule has 2 aromatic carbocycles. The molecule has 0 aliphatic carbocycles. The third-order valence-electron chi connectivity index (χ3n) is 4.22. The van der Waals surface area contributed by atoms with Crippen molar-refractivity contribution in [3.63, 3.8) is 0 Å². The number of fused-ring (bicyclic) bond motifs is 1. The van der Waals surface area contributed by atoms with Crippen LogP contribution in [0.3, 0.4) is 0 Å². The van der Waals surface area contributed by atoms with Crippen molar-refractivity contribution in [2.75, 3.05) is 6.61 Å². The van der Waals surface area contributed by atoms with E-state index in [9.17, 15) is 14.0 Å². The van der Waals surface area contributed by atoms with Crippen molar-refractivity contribution in [2.24, 2.45) is 0 Å². The lowest BCUT2D eigenvalue weighted by Crippen LogP contribution is -2.47. The second-order valence-electron chi connectivity index (χ2n) is 6.30. The van der Waals surface area contributed by atoms with Crippen LogP contribution in [0.2, 0.25) is 0 Å². The molecular weight excluding hydrogens is 379 g/mol. The first-order valence-electron chi connectivity index (χ1n) is 9.07. The highest BCUT2D eigenvalue weighted by Crippen LogP contribution is 2.28. The van der Waals surface area contributed by atoms with Gasteiger partial charge in [-0.3, -0.25) is 20.4 Å². The van der Waals surface area contributed by atoms with E-state index in [-0.39, 0.29) is 5.76 Å². The number of rotatable bonds is 6. The molecule has 8 heteroatoms. The molecule has 29 heavy (non-hydrogen) atoms. The number of hydrogen-bond acceptors (Lipinski definition) is 5. The quantitative estimate of drug-likeness (QED) is 0.618. The van der Waals surface area contributed by atoms with Gasteiger partial charge < -0.3 is 13.9 Å². The molecule has 7 nitrogen and oxygen atoms in total. The van der Waals surface area contributed by atoms with Crippen LogP contribution in [-0.4, -0.2) is 24.5 Å². The summed E-state index contributed by atoms with van der Waals surface area (Å²) in [7, 11) is 0. The summed E-state index contributed by atoms with van der Waals surface area (Å²) >= 11 is 0. The van der Waals surface area contributed by atoms with Gasteiger partial charge in [0.15, 0.2) is 11.9 Å². The molecule has 3 rings (SSSR count). The number of hydrogen-bond donors (Lipinski definition) is 2. The van der Waals surface area contributed by atoms with Gasteiger partial charge in [-0.25, -0.2) is 4.39 Å². The molecule has 0 fully saturated rings. The molecule has 2 N–H and O–H groups in total. The number of furan rings is 1. The Kier molecular flexibility index (Phi) is 6.01. The Morgan fingerprint density at radius 1 is 1.10 bits per heavy atom. The molecule has 1 atom stereocenters. The number of halogens is 1. The van der Waals surface area contributed by atoms with E-state index in [4.69, 9.17) is 13.9 Å². The van der Waals surface area contributed by atoms with Crippen LogP contribution in [0.25, 0.3) is 11.0 Å². The minimum Gasteiger partial charge on any atom is -0.494 e. The lowest BCUT2D eigenvalue weighted by Gasteiger charge is -2.14. The summed E-state index contributed by atoms with van der Waals surface area (Å²) in [5, 5.41) is 0.750. The molecular formula is C21H21FN2O5. The smallest absolute Gasteiger partial charge is 0.305 e. The van der Waals surface area contributed by atoms with E-state index in [0.29, 0.717) is 29.3 Å². The first kappa shape index (κ1) is 20.2. The van der Waals surface area contributed by atoms with Crippen LogP contribution in [0.4, 0.5) is 4.39 Å². The van der Waals surface area contributed by atoms with Gasteiger partial charge in [0.05, 0.1) is 6.61 Å². The summed E-state index contributed by atoms with van der Waals surface area (Å²) in [6.07, 6.45) is -0.911. The minimum atomic E-state index is -0.911. The fraction of sp³-hybridized carbons (Fsp3) is 0.238. The highest BCUT2D eigenvalue weighted by molar-refractivity contribution is 6.00. The monoisotopic (exact) mass is 400 g/mol. The first-order chi connectivity index (χ1) is 13.9. The largest absolute Gasteiger partial charge is 0.494 e. The second-order valence-corrected chi connectivity index (χ2v) is 6.30. The van der Waals surface area contributed by atoms with Crippen molar-refractivity contribution in [3.05, 3.63) is 59.6 Å². The summed E-state index contributed by atoms with van der Waals surface area (Å²) in [4.78, 5) is 24.6. The van der Waals surface area contributed by atoms with Gasteiger partial charge in [-0.1, -0.05) is 0 Å². The Hall–Kier alpha value is -3.55. The average molecular weight is 400 g/mol.